The molecule has 0 saturated heterocycles. The molecule has 5 heteroatoms. The van der Waals surface area contributed by atoms with Crippen LogP contribution in [0.2, 0.25) is 10.0 Å². The molecule has 0 unspecified atom stereocenters. The van der Waals surface area contributed by atoms with Gasteiger partial charge in [-0.2, -0.15) is 0 Å². The van der Waals surface area contributed by atoms with Crippen molar-refractivity contribution >= 4 is 29.1 Å². The van der Waals surface area contributed by atoms with Crippen molar-refractivity contribution < 1.29 is 9.53 Å². The number of carbonyl (C=O) groups is 1. The third kappa shape index (κ3) is 4.39. The number of amides is 1. The molecule has 2 aromatic carbocycles. The molecule has 0 spiro atoms. The molecule has 3 nitrogen and oxygen atoms in total. The Balaban J connectivity index is 2.03. The van der Waals surface area contributed by atoms with Crippen molar-refractivity contribution in [1.82, 2.24) is 5.32 Å². The molecule has 0 aliphatic heterocycles. The van der Waals surface area contributed by atoms with E-state index >= 15 is 0 Å². The Labute approximate surface area is 140 Å². The number of halogens is 2. The summed E-state index contributed by atoms with van der Waals surface area (Å²) in [5.74, 6) is 0.557. The molecule has 0 fully saturated rings. The lowest BCUT2D eigenvalue weighted by atomic mass is 10.1. The molecule has 2 rings (SSSR count). The molecule has 1 N–H and O–H groups in total. The minimum absolute atomic E-state index is 0.0944. The van der Waals surface area contributed by atoms with Gasteiger partial charge in [-0.15, -0.1) is 0 Å². The van der Waals surface area contributed by atoms with E-state index in [0.29, 0.717) is 15.8 Å². The van der Waals surface area contributed by atoms with Crippen LogP contribution in [0.5, 0.6) is 5.75 Å². The van der Waals surface area contributed by atoms with Crippen LogP contribution in [0, 0.1) is 0 Å². The number of hydrogen-bond donors (Lipinski definition) is 1. The van der Waals surface area contributed by atoms with Gasteiger partial charge in [0.15, 0.2) is 0 Å². The van der Waals surface area contributed by atoms with E-state index in [1.807, 2.05) is 19.1 Å². The van der Waals surface area contributed by atoms with E-state index in [0.717, 1.165) is 11.1 Å². The van der Waals surface area contributed by atoms with E-state index in [2.05, 4.69) is 5.32 Å². The minimum atomic E-state index is -0.102. The van der Waals surface area contributed by atoms with Gasteiger partial charge in [0.2, 0.25) is 5.91 Å². The Hall–Kier alpha value is -1.71. The zero-order valence-electron chi connectivity index (χ0n) is 12.4. The molecule has 2 aromatic rings. The molecule has 0 bridgehead atoms. The third-order valence-corrected chi connectivity index (χ3v) is 3.83. The van der Waals surface area contributed by atoms with Gasteiger partial charge in [0, 0.05) is 15.6 Å². The van der Waals surface area contributed by atoms with Gasteiger partial charge in [0.05, 0.1) is 19.6 Å². The monoisotopic (exact) mass is 337 g/mol. The van der Waals surface area contributed by atoms with Crippen LogP contribution >= 0.6 is 23.2 Å². The molecule has 0 radical (unpaired) electrons. The van der Waals surface area contributed by atoms with Crippen molar-refractivity contribution in [3.63, 3.8) is 0 Å². The fourth-order valence-corrected chi connectivity index (χ4v) is 2.51. The molecular weight excluding hydrogens is 321 g/mol. The predicted molar refractivity (Wildman–Crippen MR) is 89.7 cm³/mol. The van der Waals surface area contributed by atoms with Crippen LogP contribution in [0.1, 0.15) is 24.1 Å². The molecule has 0 saturated carbocycles. The maximum atomic E-state index is 12.2. The van der Waals surface area contributed by atoms with Crippen LogP contribution in [0.15, 0.2) is 42.5 Å². The highest BCUT2D eigenvalue weighted by atomic mass is 35.5. The van der Waals surface area contributed by atoms with Crippen LogP contribution in [0.3, 0.4) is 0 Å². The van der Waals surface area contributed by atoms with Gasteiger partial charge in [-0.05, 0) is 42.8 Å². The fourth-order valence-electron chi connectivity index (χ4n) is 2.19. The van der Waals surface area contributed by atoms with E-state index in [1.165, 1.54) is 0 Å². The maximum Gasteiger partial charge on any atom is 0.225 e. The summed E-state index contributed by atoms with van der Waals surface area (Å²) in [6.45, 7) is 1.93. The van der Waals surface area contributed by atoms with Crippen molar-refractivity contribution in [2.75, 3.05) is 7.11 Å². The smallest absolute Gasteiger partial charge is 0.225 e. The molecule has 0 aliphatic rings. The number of carbonyl (C=O) groups excluding carboxylic acids is 1. The SMILES string of the molecule is COc1ccc(Cl)cc1CC(=O)N[C@H](C)c1ccc(Cl)cc1. The van der Waals surface area contributed by atoms with Crippen LogP contribution in [0.4, 0.5) is 0 Å². The lowest BCUT2D eigenvalue weighted by Crippen LogP contribution is -2.28. The van der Waals surface area contributed by atoms with Crippen LogP contribution in [-0.2, 0) is 11.2 Å². The van der Waals surface area contributed by atoms with Crippen LogP contribution < -0.4 is 10.1 Å². The van der Waals surface area contributed by atoms with Crippen molar-refractivity contribution in [3.8, 4) is 5.75 Å². The number of hydrogen-bond acceptors (Lipinski definition) is 2. The first-order valence-electron chi connectivity index (χ1n) is 6.87. The quantitative estimate of drug-likeness (QED) is 0.876. The summed E-state index contributed by atoms with van der Waals surface area (Å²) in [5, 5.41) is 4.20. The first kappa shape index (κ1) is 16.7. The van der Waals surface area contributed by atoms with Gasteiger partial charge in [-0.3, -0.25) is 4.79 Å². The lowest BCUT2D eigenvalue weighted by molar-refractivity contribution is -0.121. The van der Waals surface area contributed by atoms with Gasteiger partial charge in [0.1, 0.15) is 5.75 Å². The van der Waals surface area contributed by atoms with E-state index < -0.39 is 0 Å². The highest BCUT2D eigenvalue weighted by Gasteiger charge is 2.13. The van der Waals surface area contributed by atoms with Crippen LogP contribution in [-0.4, -0.2) is 13.0 Å². The van der Waals surface area contributed by atoms with Gasteiger partial charge in [-0.25, -0.2) is 0 Å². The van der Waals surface area contributed by atoms with Gasteiger partial charge >= 0.3 is 0 Å². The number of benzene rings is 2. The molecule has 0 aliphatic carbocycles. The van der Waals surface area contributed by atoms with Crippen molar-refractivity contribution in [2.45, 2.75) is 19.4 Å². The van der Waals surface area contributed by atoms with Crippen molar-refractivity contribution in [2.24, 2.45) is 0 Å². The molecule has 0 heterocycles. The lowest BCUT2D eigenvalue weighted by Gasteiger charge is -2.15. The predicted octanol–water partition coefficient (Wildman–Crippen LogP) is 4.42. The zero-order chi connectivity index (χ0) is 16.1. The largest absolute Gasteiger partial charge is 0.496 e. The molecule has 22 heavy (non-hydrogen) atoms. The summed E-state index contributed by atoms with van der Waals surface area (Å²) in [6, 6.07) is 12.5. The molecule has 1 amide bonds. The minimum Gasteiger partial charge on any atom is -0.496 e. The summed E-state index contributed by atoms with van der Waals surface area (Å²) in [5.41, 5.74) is 1.76. The summed E-state index contributed by atoms with van der Waals surface area (Å²) < 4.78 is 5.25. The molecular formula is C17H17Cl2NO2. The van der Waals surface area contributed by atoms with Crippen molar-refractivity contribution in [3.05, 3.63) is 63.6 Å². The van der Waals surface area contributed by atoms with Gasteiger partial charge in [-0.1, -0.05) is 35.3 Å². The number of rotatable bonds is 5. The van der Waals surface area contributed by atoms with Crippen molar-refractivity contribution in [1.29, 1.82) is 0 Å². The zero-order valence-corrected chi connectivity index (χ0v) is 13.9. The Bertz CT molecular complexity index is 656. The molecule has 0 aromatic heterocycles. The van der Waals surface area contributed by atoms with E-state index in [1.54, 1.807) is 37.4 Å². The summed E-state index contributed by atoms with van der Waals surface area (Å²) in [7, 11) is 1.57. The standard InChI is InChI=1S/C17H17Cl2NO2/c1-11(12-3-5-14(18)6-4-12)20-17(21)10-13-9-15(19)7-8-16(13)22-2/h3-9,11H,10H2,1-2H3,(H,20,21)/t11-/m1/s1. The van der Waals surface area contributed by atoms with Gasteiger partial charge in [0.25, 0.3) is 0 Å². The second-order valence-electron chi connectivity index (χ2n) is 4.97. The summed E-state index contributed by atoms with van der Waals surface area (Å²) >= 11 is 11.8. The Kier molecular flexibility index (Phi) is 5.69. The average Bonchev–Trinajstić information content (AvgIpc) is 2.48. The second kappa shape index (κ2) is 7.52. The topological polar surface area (TPSA) is 38.3 Å². The summed E-state index contributed by atoms with van der Waals surface area (Å²) in [4.78, 5) is 12.2. The number of nitrogens with one attached hydrogen (secondary N) is 1. The first-order chi connectivity index (χ1) is 10.5. The normalized spacial score (nSPS) is 11.8. The maximum absolute atomic E-state index is 12.2. The Morgan fingerprint density at radius 2 is 1.77 bits per heavy atom. The molecule has 1 atom stereocenters. The highest BCUT2D eigenvalue weighted by Crippen LogP contribution is 2.23. The summed E-state index contributed by atoms with van der Waals surface area (Å²) in [6.07, 6.45) is 0.210. The Morgan fingerprint density at radius 1 is 1.14 bits per heavy atom. The third-order valence-electron chi connectivity index (χ3n) is 3.34. The Morgan fingerprint density at radius 3 is 2.41 bits per heavy atom. The van der Waals surface area contributed by atoms with E-state index in [4.69, 9.17) is 27.9 Å². The number of methoxy groups -OCH3 is 1. The fraction of sp³-hybridized carbons (Fsp3) is 0.235. The van der Waals surface area contributed by atoms with Gasteiger partial charge < -0.3 is 10.1 Å². The van der Waals surface area contributed by atoms with E-state index in [9.17, 15) is 4.79 Å². The van der Waals surface area contributed by atoms with Crippen LogP contribution in [0.25, 0.3) is 0 Å². The average molecular weight is 338 g/mol. The highest BCUT2D eigenvalue weighted by molar-refractivity contribution is 6.30. The number of ether oxygens (including phenoxy) is 1. The van der Waals surface area contributed by atoms with E-state index in [-0.39, 0.29) is 18.4 Å². The molecule has 116 valence electrons. The first-order valence-corrected chi connectivity index (χ1v) is 7.62. The second-order valence-corrected chi connectivity index (χ2v) is 5.85.